The molecule has 2 aromatic rings. The molecule has 12 heteroatoms. The molecule has 0 radical (unpaired) electrons. The molecule has 0 aromatic heterocycles. The first-order chi connectivity index (χ1) is 16.2. The molecule has 1 fully saturated rings. The third kappa shape index (κ3) is 7.06. The monoisotopic (exact) mass is 482 g/mol. The largest absolute Gasteiger partial charge is 0.573 e. The number of methoxy groups -OCH3 is 1. The Morgan fingerprint density at radius 1 is 1.12 bits per heavy atom. The molecule has 1 saturated heterocycles. The third-order valence-corrected chi connectivity index (χ3v) is 5.29. The molecule has 0 spiro atoms. The van der Waals surface area contributed by atoms with Gasteiger partial charge in [0, 0.05) is 58.0 Å². The van der Waals surface area contributed by atoms with Crippen molar-refractivity contribution in [1.82, 2.24) is 9.80 Å². The van der Waals surface area contributed by atoms with Crippen molar-refractivity contribution >= 4 is 17.3 Å². The van der Waals surface area contributed by atoms with Crippen LogP contribution in [-0.4, -0.2) is 73.4 Å². The Kier molecular flexibility index (Phi) is 8.29. The van der Waals surface area contributed by atoms with Crippen LogP contribution in [0.3, 0.4) is 0 Å². The summed E-state index contributed by atoms with van der Waals surface area (Å²) in [6.45, 7) is 3.27. The molecule has 34 heavy (non-hydrogen) atoms. The van der Waals surface area contributed by atoms with Gasteiger partial charge in [-0.1, -0.05) is 12.1 Å². The summed E-state index contributed by atoms with van der Waals surface area (Å²) in [7, 11) is 1.53. The molecule has 1 N–H and O–H groups in total. The van der Waals surface area contributed by atoms with Crippen molar-refractivity contribution in [3.8, 4) is 5.75 Å². The van der Waals surface area contributed by atoms with Gasteiger partial charge in [-0.05, 0) is 29.8 Å². The van der Waals surface area contributed by atoms with Crippen molar-refractivity contribution in [3.63, 3.8) is 0 Å². The van der Waals surface area contributed by atoms with Gasteiger partial charge in [0.2, 0.25) is 0 Å². The lowest BCUT2D eigenvalue weighted by Crippen LogP contribution is -2.48. The number of nitro benzene ring substituents is 1. The van der Waals surface area contributed by atoms with Crippen LogP contribution in [0.2, 0.25) is 0 Å². The Morgan fingerprint density at radius 2 is 1.79 bits per heavy atom. The van der Waals surface area contributed by atoms with Gasteiger partial charge in [0.1, 0.15) is 11.4 Å². The molecule has 2 aromatic carbocycles. The Labute approximate surface area is 194 Å². The number of nitrogens with one attached hydrogen (secondary N) is 1. The topological polar surface area (TPSA) is 97.2 Å². The predicted molar refractivity (Wildman–Crippen MR) is 118 cm³/mol. The second-order valence-electron chi connectivity index (χ2n) is 7.67. The van der Waals surface area contributed by atoms with Gasteiger partial charge in [0.15, 0.2) is 0 Å². The first kappa shape index (κ1) is 25.2. The maximum absolute atomic E-state index is 12.9. The highest BCUT2D eigenvalue weighted by Gasteiger charge is 2.31. The molecule has 3 rings (SSSR count). The van der Waals surface area contributed by atoms with E-state index in [2.05, 4.69) is 15.0 Å². The number of rotatable bonds is 9. The van der Waals surface area contributed by atoms with Crippen LogP contribution in [0.5, 0.6) is 5.75 Å². The van der Waals surface area contributed by atoms with E-state index in [0.29, 0.717) is 51.6 Å². The van der Waals surface area contributed by atoms with E-state index in [4.69, 9.17) is 4.74 Å². The number of ether oxygens (including phenoxy) is 2. The van der Waals surface area contributed by atoms with Crippen molar-refractivity contribution < 1.29 is 32.4 Å². The van der Waals surface area contributed by atoms with E-state index < -0.39 is 11.3 Å². The number of carbonyl (C=O) groups excluding carboxylic acids is 1. The van der Waals surface area contributed by atoms with Gasteiger partial charge in [-0.15, -0.1) is 13.2 Å². The standard InChI is InChI=1S/C22H25F3N4O5/c1-33-13-8-26-19-7-4-17(14-20(19)29(31)32)21(30)28-11-9-27(10-12-28)15-16-2-5-18(6-3-16)34-22(23,24)25/h2-7,14,26H,8-13,15H2,1H3. The van der Waals surface area contributed by atoms with Gasteiger partial charge in [-0.3, -0.25) is 19.8 Å². The number of hydrogen-bond donors (Lipinski definition) is 1. The van der Waals surface area contributed by atoms with Gasteiger partial charge in [-0.2, -0.15) is 0 Å². The quantitative estimate of drug-likeness (QED) is 0.332. The summed E-state index contributed by atoms with van der Waals surface area (Å²) in [5.41, 5.74) is 1.19. The molecular formula is C22H25F3N4O5. The molecule has 0 aliphatic carbocycles. The number of hydrogen-bond acceptors (Lipinski definition) is 7. The number of benzene rings is 2. The highest BCUT2D eigenvalue weighted by Crippen LogP contribution is 2.27. The van der Waals surface area contributed by atoms with E-state index in [0.717, 1.165) is 5.56 Å². The van der Waals surface area contributed by atoms with E-state index in [1.807, 2.05) is 0 Å². The number of alkyl halides is 3. The number of amides is 1. The second-order valence-corrected chi connectivity index (χ2v) is 7.67. The summed E-state index contributed by atoms with van der Waals surface area (Å²) in [5, 5.41) is 14.4. The normalized spacial score (nSPS) is 14.6. The fourth-order valence-corrected chi connectivity index (χ4v) is 3.60. The zero-order chi connectivity index (χ0) is 24.7. The predicted octanol–water partition coefficient (Wildman–Crippen LogP) is 3.51. The fraction of sp³-hybridized carbons (Fsp3) is 0.409. The molecule has 0 bridgehead atoms. The van der Waals surface area contributed by atoms with Gasteiger partial charge in [0.05, 0.1) is 11.5 Å². The second kappa shape index (κ2) is 11.2. The molecule has 0 saturated carbocycles. The summed E-state index contributed by atoms with van der Waals surface area (Å²) >= 11 is 0. The molecule has 1 aliphatic heterocycles. The number of anilines is 1. The minimum absolute atomic E-state index is 0.182. The molecule has 0 atom stereocenters. The van der Waals surface area contributed by atoms with Crippen LogP contribution < -0.4 is 10.1 Å². The van der Waals surface area contributed by atoms with Gasteiger partial charge < -0.3 is 19.7 Å². The Bertz CT molecular complexity index is 993. The summed E-state index contributed by atoms with van der Waals surface area (Å²) in [5.74, 6) is -0.569. The van der Waals surface area contributed by atoms with Crippen LogP contribution >= 0.6 is 0 Å². The summed E-state index contributed by atoms with van der Waals surface area (Å²) in [4.78, 5) is 27.5. The average molecular weight is 482 g/mol. The van der Waals surface area contributed by atoms with Crippen molar-refractivity contribution in [2.24, 2.45) is 0 Å². The Hall–Kier alpha value is -3.38. The lowest BCUT2D eigenvalue weighted by Gasteiger charge is -2.34. The molecular weight excluding hydrogens is 457 g/mol. The molecule has 184 valence electrons. The molecule has 1 heterocycles. The zero-order valence-electron chi connectivity index (χ0n) is 18.5. The number of nitro groups is 1. The fourth-order valence-electron chi connectivity index (χ4n) is 3.60. The van der Waals surface area contributed by atoms with Gasteiger partial charge in [-0.25, -0.2) is 0 Å². The van der Waals surface area contributed by atoms with Crippen LogP contribution in [0.25, 0.3) is 0 Å². The number of piperazine rings is 1. The highest BCUT2D eigenvalue weighted by molar-refractivity contribution is 5.95. The number of halogens is 3. The van der Waals surface area contributed by atoms with Gasteiger partial charge >= 0.3 is 6.36 Å². The van der Waals surface area contributed by atoms with Crippen molar-refractivity contribution in [2.45, 2.75) is 12.9 Å². The first-order valence-corrected chi connectivity index (χ1v) is 10.5. The highest BCUT2D eigenvalue weighted by atomic mass is 19.4. The van der Waals surface area contributed by atoms with E-state index in [1.165, 1.54) is 31.4 Å². The third-order valence-electron chi connectivity index (χ3n) is 5.29. The molecule has 9 nitrogen and oxygen atoms in total. The van der Waals surface area contributed by atoms with Crippen LogP contribution in [0.15, 0.2) is 42.5 Å². The van der Waals surface area contributed by atoms with E-state index in [-0.39, 0.29) is 22.9 Å². The Morgan fingerprint density at radius 3 is 2.38 bits per heavy atom. The smallest absolute Gasteiger partial charge is 0.406 e. The lowest BCUT2D eigenvalue weighted by molar-refractivity contribution is -0.384. The summed E-state index contributed by atoms with van der Waals surface area (Å²) in [6, 6.07) is 10.0. The minimum Gasteiger partial charge on any atom is -0.406 e. The maximum Gasteiger partial charge on any atom is 0.573 e. The molecule has 1 amide bonds. The SMILES string of the molecule is COCCNc1ccc(C(=O)N2CCN(Cc3ccc(OC(F)(F)F)cc3)CC2)cc1[N+](=O)[O-]. The van der Waals surface area contributed by atoms with Crippen molar-refractivity contribution in [3.05, 3.63) is 63.7 Å². The summed E-state index contributed by atoms with van der Waals surface area (Å²) in [6.07, 6.45) is -4.73. The number of nitrogens with zero attached hydrogens (tertiary/aromatic N) is 3. The van der Waals surface area contributed by atoms with E-state index in [1.54, 1.807) is 23.1 Å². The van der Waals surface area contributed by atoms with Gasteiger partial charge in [0.25, 0.3) is 11.6 Å². The van der Waals surface area contributed by atoms with Crippen LogP contribution in [0, 0.1) is 10.1 Å². The van der Waals surface area contributed by atoms with Crippen molar-refractivity contribution in [1.29, 1.82) is 0 Å². The lowest BCUT2D eigenvalue weighted by atomic mass is 10.1. The number of carbonyl (C=O) groups is 1. The Balaban J connectivity index is 1.56. The zero-order valence-corrected chi connectivity index (χ0v) is 18.5. The average Bonchev–Trinajstić information content (AvgIpc) is 2.80. The molecule has 0 unspecified atom stereocenters. The van der Waals surface area contributed by atoms with Crippen LogP contribution in [-0.2, 0) is 11.3 Å². The summed E-state index contributed by atoms with van der Waals surface area (Å²) < 4.78 is 45.6. The van der Waals surface area contributed by atoms with Crippen molar-refractivity contribution in [2.75, 3.05) is 51.8 Å². The minimum atomic E-state index is -4.73. The van der Waals surface area contributed by atoms with Crippen LogP contribution in [0.1, 0.15) is 15.9 Å². The van der Waals surface area contributed by atoms with E-state index in [9.17, 15) is 28.1 Å². The molecule has 1 aliphatic rings. The van der Waals surface area contributed by atoms with Crippen LogP contribution in [0.4, 0.5) is 24.5 Å². The van der Waals surface area contributed by atoms with E-state index >= 15 is 0 Å². The first-order valence-electron chi connectivity index (χ1n) is 10.5. The maximum atomic E-state index is 12.9.